The molecular formula is C12H15N3O5. The Morgan fingerprint density at radius 3 is 2.65 bits per heavy atom. The Bertz CT molecular complexity index is 624. The van der Waals surface area contributed by atoms with E-state index in [-0.39, 0.29) is 18.5 Å². The lowest BCUT2D eigenvalue weighted by Crippen LogP contribution is -2.43. The van der Waals surface area contributed by atoms with E-state index in [1.165, 1.54) is 0 Å². The second-order valence-electron chi connectivity index (χ2n) is 4.84. The lowest BCUT2D eigenvalue weighted by atomic mass is 10.1. The number of aromatic nitrogens is 2. The summed E-state index contributed by atoms with van der Waals surface area (Å²) in [6, 6.07) is -1.12. The largest absolute Gasteiger partial charge is 0.480 e. The third-order valence-corrected chi connectivity index (χ3v) is 3.51. The van der Waals surface area contributed by atoms with Crippen LogP contribution in [0.2, 0.25) is 0 Å². The van der Waals surface area contributed by atoms with Crippen molar-refractivity contribution >= 4 is 11.9 Å². The molecule has 0 saturated carbocycles. The van der Waals surface area contributed by atoms with E-state index in [9.17, 15) is 19.5 Å². The van der Waals surface area contributed by atoms with Crippen LogP contribution in [0.1, 0.15) is 28.0 Å². The zero-order chi connectivity index (χ0) is 15.0. The number of hydrogen-bond donors (Lipinski definition) is 3. The topological polar surface area (TPSA) is 124 Å². The molecule has 8 nitrogen and oxygen atoms in total. The Hall–Kier alpha value is -2.22. The molecule has 108 valence electrons. The molecule has 2 atom stereocenters. The van der Waals surface area contributed by atoms with Crippen molar-refractivity contribution in [1.29, 1.82) is 0 Å². The van der Waals surface area contributed by atoms with Crippen LogP contribution < -0.4 is 5.56 Å². The fourth-order valence-electron chi connectivity index (χ4n) is 2.30. The highest BCUT2D eigenvalue weighted by atomic mass is 16.4. The SMILES string of the molecule is Cc1n[nH]c(=O)c(C(=O)N2CC(O)C[C@H]2C(=O)O)c1C. The number of hydrogen-bond acceptors (Lipinski definition) is 5. The minimum atomic E-state index is -1.20. The quantitative estimate of drug-likeness (QED) is 0.642. The second-order valence-corrected chi connectivity index (χ2v) is 4.84. The fourth-order valence-corrected chi connectivity index (χ4v) is 2.30. The van der Waals surface area contributed by atoms with E-state index in [2.05, 4.69) is 10.2 Å². The Morgan fingerprint density at radius 1 is 1.40 bits per heavy atom. The highest BCUT2D eigenvalue weighted by Crippen LogP contribution is 2.21. The molecule has 2 rings (SSSR count). The van der Waals surface area contributed by atoms with Gasteiger partial charge < -0.3 is 15.1 Å². The summed E-state index contributed by atoms with van der Waals surface area (Å²) < 4.78 is 0. The number of carbonyl (C=O) groups is 2. The molecule has 20 heavy (non-hydrogen) atoms. The van der Waals surface area contributed by atoms with Crippen LogP contribution in [0, 0.1) is 13.8 Å². The summed E-state index contributed by atoms with van der Waals surface area (Å²) in [5, 5.41) is 24.6. The summed E-state index contributed by atoms with van der Waals surface area (Å²) in [7, 11) is 0. The summed E-state index contributed by atoms with van der Waals surface area (Å²) in [6.07, 6.45) is -0.940. The van der Waals surface area contributed by atoms with Crippen molar-refractivity contribution in [3.8, 4) is 0 Å². The van der Waals surface area contributed by atoms with E-state index in [1.807, 2.05) is 0 Å². The molecule has 1 fully saturated rings. The first-order valence-electron chi connectivity index (χ1n) is 6.10. The molecule has 1 aromatic heterocycles. The van der Waals surface area contributed by atoms with Gasteiger partial charge >= 0.3 is 5.97 Å². The standard InChI is InChI=1S/C12H15N3O5/c1-5-6(2)13-14-10(17)9(5)11(18)15-4-7(16)3-8(15)12(19)20/h7-8,16H,3-4H2,1-2H3,(H,14,17)(H,19,20)/t7?,8-/m0/s1. The number of carbonyl (C=O) groups excluding carboxylic acids is 1. The van der Waals surface area contributed by atoms with Gasteiger partial charge in [0, 0.05) is 13.0 Å². The highest BCUT2D eigenvalue weighted by molar-refractivity contribution is 5.98. The lowest BCUT2D eigenvalue weighted by molar-refractivity contribution is -0.141. The Balaban J connectivity index is 2.44. The number of nitrogens with one attached hydrogen (secondary N) is 1. The minimum Gasteiger partial charge on any atom is -0.480 e. The smallest absolute Gasteiger partial charge is 0.326 e. The van der Waals surface area contributed by atoms with E-state index in [0.717, 1.165) is 4.90 Å². The van der Waals surface area contributed by atoms with Gasteiger partial charge in [0.1, 0.15) is 11.6 Å². The number of nitrogens with zero attached hydrogens (tertiary/aromatic N) is 2. The number of likely N-dealkylation sites (tertiary alicyclic amines) is 1. The Labute approximate surface area is 114 Å². The average Bonchev–Trinajstić information content (AvgIpc) is 2.76. The molecular weight excluding hydrogens is 266 g/mol. The average molecular weight is 281 g/mol. The highest BCUT2D eigenvalue weighted by Gasteiger charge is 2.40. The monoisotopic (exact) mass is 281 g/mol. The number of aliphatic hydroxyl groups excluding tert-OH is 1. The number of rotatable bonds is 2. The predicted molar refractivity (Wildman–Crippen MR) is 67.4 cm³/mol. The van der Waals surface area contributed by atoms with Crippen LogP contribution in [0.3, 0.4) is 0 Å². The molecule has 0 bridgehead atoms. The minimum absolute atomic E-state index is 0.0396. The zero-order valence-electron chi connectivity index (χ0n) is 11.1. The second kappa shape index (κ2) is 5.04. The van der Waals surface area contributed by atoms with Crippen LogP contribution >= 0.6 is 0 Å². The lowest BCUT2D eigenvalue weighted by Gasteiger charge is -2.21. The first-order valence-corrected chi connectivity index (χ1v) is 6.10. The zero-order valence-corrected chi connectivity index (χ0v) is 11.1. The number of aliphatic carboxylic acids is 1. The van der Waals surface area contributed by atoms with Gasteiger partial charge in [0.15, 0.2) is 0 Å². The molecule has 1 saturated heterocycles. The van der Waals surface area contributed by atoms with E-state index >= 15 is 0 Å². The molecule has 1 aromatic rings. The van der Waals surface area contributed by atoms with E-state index in [1.54, 1.807) is 13.8 Å². The summed E-state index contributed by atoms with van der Waals surface area (Å²) >= 11 is 0. The predicted octanol–water partition coefficient (Wildman–Crippen LogP) is -0.953. The molecule has 3 N–H and O–H groups in total. The Kier molecular flexibility index (Phi) is 3.58. The molecule has 2 heterocycles. The molecule has 1 amide bonds. The van der Waals surface area contributed by atoms with Gasteiger partial charge in [-0.05, 0) is 19.4 Å². The van der Waals surface area contributed by atoms with Crippen molar-refractivity contribution in [3.05, 3.63) is 27.2 Å². The molecule has 1 unspecified atom stereocenters. The van der Waals surface area contributed by atoms with E-state index in [0.29, 0.717) is 11.3 Å². The van der Waals surface area contributed by atoms with Crippen LogP contribution in [-0.4, -0.2) is 55.9 Å². The number of carboxylic acid groups (broad SMARTS) is 1. The van der Waals surface area contributed by atoms with Gasteiger partial charge in [0.05, 0.1) is 11.8 Å². The number of aliphatic hydroxyl groups is 1. The molecule has 0 spiro atoms. The molecule has 1 aliphatic heterocycles. The summed E-state index contributed by atoms with van der Waals surface area (Å²) in [5.41, 5.74) is 0.102. The molecule has 0 aromatic carbocycles. The summed E-state index contributed by atoms with van der Waals surface area (Å²) in [6.45, 7) is 3.11. The van der Waals surface area contributed by atoms with E-state index < -0.39 is 29.6 Å². The van der Waals surface area contributed by atoms with Crippen LogP contribution in [0.15, 0.2) is 4.79 Å². The molecule has 1 aliphatic rings. The van der Waals surface area contributed by atoms with Gasteiger partial charge in [-0.15, -0.1) is 0 Å². The maximum atomic E-state index is 12.4. The van der Waals surface area contributed by atoms with Gasteiger partial charge in [-0.25, -0.2) is 9.89 Å². The summed E-state index contributed by atoms with van der Waals surface area (Å²) in [4.78, 5) is 36.3. The third kappa shape index (κ3) is 2.29. The summed E-state index contributed by atoms with van der Waals surface area (Å²) in [5.74, 6) is -1.90. The van der Waals surface area contributed by atoms with Crippen LogP contribution in [0.5, 0.6) is 0 Å². The van der Waals surface area contributed by atoms with Crippen molar-refractivity contribution in [3.63, 3.8) is 0 Å². The van der Waals surface area contributed by atoms with Gasteiger partial charge in [0.25, 0.3) is 11.5 Å². The number of amides is 1. The van der Waals surface area contributed by atoms with Crippen molar-refractivity contribution in [2.75, 3.05) is 6.54 Å². The molecule has 0 aliphatic carbocycles. The number of aryl methyl sites for hydroxylation is 1. The van der Waals surface area contributed by atoms with Gasteiger partial charge in [-0.3, -0.25) is 9.59 Å². The maximum Gasteiger partial charge on any atom is 0.326 e. The van der Waals surface area contributed by atoms with Crippen molar-refractivity contribution in [2.45, 2.75) is 32.4 Å². The normalized spacial score (nSPS) is 22.1. The van der Waals surface area contributed by atoms with Gasteiger partial charge in [-0.2, -0.15) is 5.10 Å². The van der Waals surface area contributed by atoms with Crippen LogP contribution in [-0.2, 0) is 4.79 Å². The van der Waals surface area contributed by atoms with Gasteiger partial charge in [-0.1, -0.05) is 0 Å². The fraction of sp³-hybridized carbons (Fsp3) is 0.500. The number of carboxylic acids is 1. The first kappa shape index (κ1) is 14.2. The third-order valence-electron chi connectivity index (χ3n) is 3.51. The maximum absolute atomic E-state index is 12.4. The van der Waals surface area contributed by atoms with Crippen molar-refractivity contribution in [2.24, 2.45) is 0 Å². The van der Waals surface area contributed by atoms with Gasteiger partial charge in [0.2, 0.25) is 0 Å². The molecule has 8 heteroatoms. The Morgan fingerprint density at radius 2 is 2.05 bits per heavy atom. The number of H-pyrrole nitrogens is 1. The number of β-amino-alcohol motifs (C(OH)–C–C–N with tert-alkyl or cyclic N) is 1. The van der Waals surface area contributed by atoms with E-state index in [4.69, 9.17) is 5.11 Å². The van der Waals surface area contributed by atoms with Crippen molar-refractivity contribution in [1.82, 2.24) is 15.1 Å². The molecule has 0 radical (unpaired) electrons. The number of aromatic amines is 1. The van der Waals surface area contributed by atoms with Crippen LogP contribution in [0.25, 0.3) is 0 Å². The first-order chi connectivity index (χ1) is 9.32. The van der Waals surface area contributed by atoms with Crippen molar-refractivity contribution < 1.29 is 19.8 Å². The van der Waals surface area contributed by atoms with Crippen LogP contribution in [0.4, 0.5) is 0 Å².